The molecule has 0 aromatic heterocycles. The van der Waals surface area contributed by atoms with Gasteiger partial charge in [0.05, 0.1) is 11.0 Å². The summed E-state index contributed by atoms with van der Waals surface area (Å²) in [6.45, 7) is 1.20. The Morgan fingerprint density at radius 2 is 2.12 bits per heavy atom. The molecule has 0 spiro atoms. The maximum Gasteiger partial charge on any atom is 0.303 e. The summed E-state index contributed by atoms with van der Waals surface area (Å²) in [4.78, 5) is 10.2. The van der Waals surface area contributed by atoms with E-state index in [1.807, 2.05) is 0 Å². The molecule has 1 saturated heterocycles. The number of carbonyl (C=O) groups is 1. The molecule has 1 fully saturated rings. The number of rotatable bonds is 7. The highest BCUT2D eigenvalue weighted by molar-refractivity contribution is 7.92. The van der Waals surface area contributed by atoms with E-state index >= 15 is 0 Å². The SMILES string of the molecule is O=C(O)CCCCNCC1CCCS1(=O)=O. The molecule has 0 saturated carbocycles. The molecule has 16 heavy (non-hydrogen) atoms. The number of hydrogen-bond acceptors (Lipinski definition) is 4. The average molecular weight is 249 g/mol. The van der Waals surface area contributed by atoms with Crippen LogP contribution in [0.1, 0.15) is 32.1 Å². The molecule has 1 aliphatic rings. The smallest absolute Gasteiger partial charge is 0.303 e. The highest BCUT2D eigenvalue weighted by atomic mass is 32.2. The van der Waals surface area contributed by atoms with Gasteiger partial charge in [-0.1, -0.05) is 0 Å². The van der Waals surface area contributed by atoms with Crippen LogP contribution in [0.2, 0.25) is 0 Å². The van der Waals surface area contributed by atoms with Crippen molar-refractivity contribution in [2.75, 3.05) is 18.8 Å². The van der Waals surface area contributed by atoms with Crippen molar-refractivity contribution in [2.24, 2.45) is 0 Å². The lowest BCUT2D eigenvalue weighted by atomic mass is 10.2. The largest absolute Gasteiger partial charge is 0.481 e. The first kappa shape index (κ1) is 13.4. The van der Waals surface area contributed by atoms with E-state index in [-0.39, 0.29) is 11.7 Å². The Hall–Kier alpha value is -0.620. The Balaban J connectivity index is 2.05. The molecule has 0 bridgehead atoms. The van der Waals surface area contributed by atoms with Gasteiger partial charge in [-0.3, -0.25) is 4.79 Å². The first-order chi connectivity index (χ1) is 7.52. The number of carboxylic acid groups (broad SMARTS) is 1. The molecule has 0 radical (unpaired) electrons. The lowest BCUT2D eigenvalue weighted by molar-refractivity contribution is -0.137. The van der Waals surface area contributed by atoms with E-state index in [1.54, 1.807) is 0 Å². The Kier molecular flexibility index (Phi) is 5.21. The van der Waals surface area contributed by atoms with Crippen molar-refractivity contribution in [1.82, 2.24) is 5.32 Å². The van der Waals surface area contributed by atoms with Crippen molar-refractivity contribution < 1.29 is 18.3 Å². The zero-order valence-corrected chi connectivity index (χ0v) is 10.1. The van der Waals surface area contributed by atoms with Crippen LogP contribution in [0.15, 0.2) is 0 Å². The van der Waals surface area contributed by atoms with Crippen molar-refractivity contribution in [2.45, 2.75) is 37.4 Å². The third-order valence-electron chi connectivity index (χ3n) is 2.83. The number of carboxylic acids is 1. The van der Waals surface area contributed by atoms with Gasteiger partial charge in [0.25, 0.3) is 0 Å². The lowest BCUT2D eigenvalue weighted by Gasteiger charge is -2.10. The fraction of sp³-hybridized carbons (Fsp3) is 0.900. The Morgan fingerprint density at radius 3 is 2.69 bits per heavy atom. The summed E-state index contributed by atoms with van der Waals surface area (Å²) in [5.41, 5.74) is 0. The van der Waals surface area contributed by atoms with E-state index in [1.165, 1.54) is 0 Å². The first-order valence-corrected chi connectivity index (χ1v) is 7.38. The molecule has 94 valence electrons. The summed E-state index contributed by atoms with van der Waals surface area (Å²) in [7, 11) is -2.85. The fourth-order valence-electron chi connectivity index (χ4n) is 1.88. The average Bonchev–Trinajstić information content (AvgIpc) is 2.51. The highest BCUT2D eigenvalue weighted by Crippen LogP contribution is 2.18. The summed E-state index contributed by atoms with van der Waals surface area (Å²) in [6, 6.07) is 0. The van der Waals surface area contributed by atoms with Gasteiger partial charge in [0.15, 0.2) is 9.84 Å². The minimum absolute atomic E-state index is 0.184. The van der Waals surface area contributed by atoms with Crippen LogP contribution in [-0.2, 0) is 14.6 Å². The second kappa shape index (κ2) is 6.20. The van der Waals surface area contributed by atoms with Gasteiger partial charge in [-0.05, 0) is 32.2 Å². The van der Waals surface area contributed by atoms with Crippen molar-refractivity contribution in [3.63, 3.8) is 0 Å². The summed E-state index contributed by atoms with van der Waals surface area (Å²) < 4.78 is 22.9. The molecule has 0 aromatic rings. The van der Waals surface area contributed by atoms with Crippen LogP contribution >= 0.6 is 0 Å². The van der Waals surface area contributed by atoms with Gasteiger partial charge < -0.3 is 10.4 Å². The number of aliphatic carboxylic acids is 1. The molecule has 6 heteroatoms. The van der Waals surface area contributed by atoms with E-state index in [9.17, 15) is 13.2 Å². The normalized spacial score (nSPS) is 23.4. The molecule has 0 aromatic carbocycles. The van der Waals surface area contributed by atoms with Gasteiger partial charge in [-0.25, -0.2) is 8.42 Å². The van der Waals surface area contributed by atoms with Crippen molar-refractivity contribution in [3.05, 3.63) is 0 Å². The van der Waals surface area contributed by atoms with Crippen LogP contribution in [0.4, 0.5) is 0 Å². The van der Waals surface area contributed by atoms with Gasteiger partial charge >= 0.3 is 5.97 Å². The molecule has 0 aliphatic carbocycles. The van der Waals surface area contributed by atoms with Gasteiger partial charge in [0.2, 0.25) is 0 Å². The van der Waals surface area contributed by atoms with Crippen LogP contribution in [0.3, 0.4) is 0 Å². The van der Waals surface area contributed by atoms with Crippen molar-refractivity contribution in [1.29, 1.82) is 0 Å². The van der Waals surface area contributed by atoms with Crippen LogP contribution < -0.4 is 5.32 Å². The van der Waals surface area contributed by atoms with E-state index in [0.29, 0.717) is 25.3 Å². The number of sulfone groups is 1. The minimum Gasteiger partial charge on any atom is -0.481 e. The molecule has 1 rings (SSSR count). The molecule has 0 amide bonds. The molecule has 1 aliphatic heterocycles. The minimum atomic E-state index is -2.85. The van der Waals surface area contributed by atoms with E-state index < -0.39 is 15.8 Å². The Morgan fingerprint density at radius 1 is 1.38 bits per heavy atom. The van der Waals surface area contributed by atoms with Gasteiger partial charge in [-0.2, -0.15) is 0 Å². The number of hydrogen-bond donors (Lipinski definition) is 2. The molecule has 5 nitrogen and oxygen atoms in total. The second-order valence-corrected chi connectivity index (χ2v) is 6.59. The van der Waals surface area contributed by atoms with Gasteiger partial charge in [-0.15, -0.1) is 0 Å². The molecular formula is C10H19NO4S. The van der Waals surface area contributed by atoms with Gasteiger partial charge in [0.1, 0.15) is 0 Å². The summed E-state index contributed by atoms with van der Waals surface area (Å²) in [5.74, 6) is -0.461. The first-order valence-electron chi connectivity index (χ1n) is 5.66. The van der Waals surface area contributed by atoms with Crippen LogP contribution in [-0.4, -0.2) is 43.6 Å². The van der Waals surface area contributed by atoms with Gasteiger partial charge in [0, 0.05) is 13.0 Å². The van der Waals surface area contributed by atoms with Crippen molar-refractivity contribution >= 4 is 15.8 Å². The van der Waals surface area contributed by atoms with E-state index in [2.05, 4.69) is 5.32 Å². The predicted molar refractivity (Wildman–Crippen MR) is 61.2 cm³/mol. The van der Waals surface area contributed by atoms with E-state index in [0.717, 1.165) is 19.3 Å². The summed E-state index contributed by atoms with van der Waals surface area (Å²) in [6.07, 6.45) is 3.13. The van der Waals surface area contributed by atoms with Crippen LogP contribution in [0, 0.1) is 0 Å². The monoisotopic (exact) mass is 249 g/mol. The molecule has 1 atom stereocenters. The van der Waals surface area contributed by atoms with E-state index in [4.69, 9.17) is 5.11 Å². The quantitative estimate of drug-likeness (QED) is 0.638. The Labute approximate surface area is 96.1 Å². The second-order valence-electron chi connectivity index (χ2n) is 4.19. The fourth-order valence-corrected chi connectivity index (χ4v) is 3.68. The maximum atomic E-state index is 11.5. The molecule has 1 unspecified atom stereocenters. The predicted octanol–water partition coefficient (Wildman–Crippen LogP) is 0.408. The van der Waals surface area contributed by atoms with Crippen LogP contribution in [0.25, 0.3) is 0 Å². The summed E-state index contributed by atoms with van der Waals surface area (Å²) in [5, 5.41) is 11.3. The summed E-state index contributed by atoms with van der Waals surface area (Å²) >= 11 is 0. The third kappa shape index (κ3) is 4.49. The topological polar surface area (TPSA) is 83.5 Å². The molecular weight excluding hydrogens is 230 g/mol. The number of nitrogens with one attached hydrogen (secondary N) is 1. The third-order valence-corrected chi connectivity index (χ3v) is 5.10. The van der Waals surface area contributed by atoms with Crippen LogP contribution in [0.5, 0.6) is 0 Å². The maximum absolute atomic E-state index is 11.5. The standard InChI is InChI=1S/C10H19NO4S/c12-10(13)5-1-2-6-11-8-9-4-3-7-16(9,14)15/h9,11H,1-8H2,(H,12,13). The zero-order chi connectivity index (χ0) is 12.0. The highest BCUT2D eigenvalue weighted by Gasteiger charge is 2.30. The zero-order valence-electron chi connectivity index (χ0n) is 9.31. The van der Waals surface area contributed by atoms with Crippen molar-refractivity contribution in [3.8, 4) is 0 Å². The number of unbranched alkanes of at least 4 members (excludes halogenated alkanes) is 1. The Bertz CT molecular complexity index is 326. The molecule has 2 N–H and O–H groups in total. The molecule has 1 heterocycles. The lowest BCUT2D eigenvalue weighted by Crippen LogP contribution is -2.31.